The van der Waals surface area contributed by atoms with E-state index in [9.17, 15) is 4.79 Å². The molecule has 0 heterocycles. The summed E-state index contributed by atoms with van der Waals surface area (Å²) in [4.78, 5) is 33.7. The Hall–Kier alpha value is -1.81. The first-order valence-corrected chi connectivity index (χ1v) is 4.69. The SMILES string of the molecule is [C-]=O.[CH-]=O.[CH-]=O.[CH2-]COc1ccc(NC(C)=O)cc1.[CH3-].[Mo]. The number of carbonyl (C=O) groups is 1. The Bertz CT molecular complexity index is 328. The second-order valence-corrected chi connectivity index (χ2v) is 2.55. The number of amides is 1. The second kappa shape index (κ2) is 26.7. The summed E-state index contributed by atoms with van der Waals surface area (Å²) in [6, 6.07) is 7.14. The molecule has 1 radical (unpaired) electrons. The monoisotopic (exact) mass is 377 g/mol. The molecule has 0 aromatic heterocycles. The standard InChI is InChI=1S/C10H12NO2.2CHO.CO.CH3.Mo/c1-3-13-10-6-4-9(5-7-10)11-8(2)12;3*1-2;;/h4-7H,1,3H2,2H3,(H,11,12);2*1H;;1H3;/q5*-1;. The van der Waals surface area contributed by atoms with Crippen molar-refractivity contribution in [2.75, 3.05) is 11.9 Å². The van der Waals surface area contributed by atoms with Crippen LogP contribution in [0.25, 0.3) is 0 Å². The maximum atomic E-state index is 10.7. The van der Waals surface area contributed by atoms with Crippen molar-refractivity contribution in [3.8, 4) is 5.75 Å². The maximum absolute atomic E-state index is 10.7. The topological polar surface area (TPSA) is 89.5 Å². The fourth-order valence-electron chi connectivity index (χ4n) is 0.956. The van der Waals surface area contributed by atoms with Gasteiger partial charge in [0.25, 0.3) is 0 Å². The summed E-state index contributed by atoms with van der Waals surface area (Å²) in [7, 11) is 0. The third kappa shape index (κ3) is 20.7. The molecule has 21 heavy (non-hydrogen) atoms. The molecule has 0 spiro atoms. The molecule has 0 bridgehead atoms. The van der Waals surface area contributed by atoms with Gasteiger partial charge in [0.05, 0.1) is 0 Å². The molecule has 1 amide bonds. The van der Waals surface area contributed by atoms with Crippen LogP contribution in [0.15, 0.2) is 24.3 Å². The molecule has 0 atom stereocenters. The van der Waals surface area contributed by atoms with Crippen LogP contribution in [-0.2, 0) is 40.2 Å². The summed E-state index contributed by atoms with van der Waals surface area (Å²) >= 11 is 0. The van der Waals surface area contributed by atoms with Crippen molar-refractivity contribution in [3.63, 3.8) is 0 Å². The van der Waals surface area contributed by atoms with E-state index in [0.717, 1.165) is 11.4 Å². The maximum Gasteiger partial charge on any atom is 0.221 e. The van der Waals surface area contributed by atoms with E-state index in [0.29, 0.717) is 6.61 Å². The molecule has 0 unspecified atom stereocenters. The minimum absolute atomic E-state index is 0. The van der Waals surface area contributed by atoms with E-state index < -0.39 is 0 Å². The van der Waals surface area contributed by atoms with E-state index in [-0.39, 0.29) is 34.4 Å². The Morgan fingerprint density at radius 1 is 1.19 bits per heavy atom. The molecule has 0 aliphatic heterocycles. The zero-order valence-corrected chi connectivity index (χ0v) is 13.8. The third-order valence-electron chi connectivity index (χ3n) is 1.44. The van der Waals surface area contributed by atoms with Gasteiger partial charge in [0.2, 0.25) is 5.91 Å². The van der Waals surface area contributed by atoms with Gasteiger partial charge < -0.3 is 45.6 Å². The molecule has 1 N–H and O–H groups in total. The Morgan fingerprint density at radius 2 is 1.57 bits per heavy atom. The van der Waals surface area contributed by atoms with Gasteiger partial charge in [0.1, 0.15) is 5.75 Å². The zero-order valence-electron chi connectivity index (χ0n) is 11.8. The van der Waals surface area contributed by atoms with Crippen LogP contribution in [0.1, 0.15) is 6.92 Å². The van der Waals surface area contributed by atoms with Gasteiger partial charge >= 0.3 is 0 Å². The van der Waals surface area contributed by atoms with E-state index >= 15 is 0 Å². The molecule has 0 aliphatic carbocycles. The van der Waals surface area contributed by atoms with Crippen LogP contribution in [0.3, 0.4) is 0 Å². The van der Waals surface area contributed by atoms with Crippen molar-refractivity contribution in [3.05, 3.63) is 38.6 Å². The number of anilines is 1. The summed E-state index contributed by atoms with van der Waals surface area (Å²) in [6.07, 6.45) is 0. The van der Waals surface area contributed by atoms with Crippen LogP contribution in [0.4, 0.5) is 5.69 Å². The minimum atomic E-state index is -0.0779. The molecule has 7 heteroatoms. The molecular formula is C14H17MoNO5-5. The van der Waals surface area contributed by atoms with E-state index in [1.807, 2.05) is 0 Å². The first kappa shape index (κ1) is 31.5. The van der Waals surface area contributed by atoms with Crippen molar-refractivity contribution < 1.29 is 45.0 Å². The number of benzene rings is 1. The number of rotatable bonds is 3. The summed E-state index contributed by atoms with van der Waals surface area (Å²) < 4.78 is 5.14. The molecule has 0 fully saturated rings. The van der Waals surface area contributed by atoms with Gasteiger partial charge in [0.15, 0.2) is 0 Å². The van der Waals surface area contributed by atoms with Crippen molar-refractivity contribution in [2.24, 2.45) is 0 Å². The predicted octanol–water partition coefficient (Wildman–Crippen LogP) is 1.36. The van der Waals surface area contributed by atoms with Gasteiger partial charge in [0, 0.05) is 33.7 Å². The average molecular weight is 375 g/mol. The molecule has 0 aliphatic rings. The van der Waals surface area contributed by atoms with Crippen LogP contribution >= 0.6 is 0 Å². The fraction of sp³-hybridized carbons (Fsp3) is 0.143. The summed E-state index contributed by atoms with van der Waals surface area (Å²) in [5.41, 5.74) is 0.768. The third-order valence-corrected chi connectivity index (χ3v) is 1.44. The summed E-state index contributed by atoms with van der Waals surface area (Å²) in [5.74, 6) is 0.676. The van der Waals surface area contributed by atoms with Crippen molar-refractivity contribution in [1.82, 2.24) is 0 Å². The Balaban J connectivity index is -0.0000000951. The number of carbonyl (C=O) groups excluding carboxylic acids is 4. The van der Waals surface area contributed by atoms with Crippen molar-refractivity contribution >= 4 is 32.0 Å². The van der Waals surface area contributed by atoms with Gasteiger partial charge in [-0.05, 0) is 30.9 Å². The van der Waals surface area contributed by atoms with E-state index in [2.05, 4.69) is 32.6 Å². The summed E-state index contributed by atoms with van der Waals surface area (Å²) in [6.45, 7) is 16.4. The van der Waals surface area contributed by atoms with Crippen LogP contribution < -0.4 is 10.1 Å². The molecule has 0 saturated heterocycles. The largest absolute Gasteiger partial charge is 0.573 e. The number of hydrogen-bond donors (Lipinski definition) is 1. The van der Waals surface area contributed by atoms with Crippen molar-refractivity contribution in [1.29, 1.82) is 0 Å². The zero-order chi connectivity index (χ0) is 15.7. The Kier molecular flexibility index (Phi) is 40.1. The van der Waals surface area contributed by atoms with E-state index in [1.165, 1.54) is 6.92 Å². The quantitative estimate of drug-likeness (QED) is 0.490. The predicted molar refractivity (Wildman–Crippen MR) is 77.2 cm³/mol. The van der Waals surface area contributed by atoms with E-state index in [4.69, 9.17) is 19.1 Å². The van der Waals surface area contributed by atoms with Gasteiger partial charge in [-0.3, -0.25) is 18.4 Å². The normalized spacial score (nSPS) is 6.38. The molecule has 1 aromatic carbocycles. The number of hydrogen-bond acceptors (Lipinski definition) is 5. The second-order valence-electron chi connectivity index (χ2n) is 2.55. The van der Waals surface area contributed by atoms with Crippen LogP contribution in [0, 0.1) is 14.4 Å². The molecule has 0 saturated carbocycles. The van der Waals surface area contributed by atoms with Gasteiger partial charge in [-0.15, -0.1) is 0 Å². The average Bonchev–Trinajstić information content (AvgIpc) is 2.47. The molecule has 119 valence electrons. The van der Waals surface area contributed by atoms with Gasteiger partial charge in [-0.2, -0.15) is 0 Å². The Labute approximate surface area is 140 Å². The number of ether oxygens (including phenoxy) is 1. The fourth-order valence-corrected chi connectivity index (χ4v) is 0.956. The van der Waals surface area contributed by atoms with Crippen LogP contribution in [-0.4, -0.2) is 32.9 Å². The van der Waals surface area contributed by atoms with Gasteiger partial charge in [-0.1, -0.05) is 0 Å². The van der Waals surface area contributed by atoms with Crippen LogP contribution in [0.2, 0.25) is 0 Å². The molecular weight excluding hydrogens is 358 g/mol. The smallest absolute Gasteiger partial charge is 0.221 e. The van der Waals surface area contributed by atoms with E-state index in [1.54, 1.807) is 24.3 Å². The molecule has 1 rings (SSSR count). The van der Waals surface area contributed by atoms with Crippen LogP contribution in [0.5, 0.6) is 5.75 Å². The number of nitrogens with one attached hydrogen (secondary N) is 1. The first-order valence-electron chi connectivity index (χ1n) is 4.69. The summed E-state index contributed by atoms with van der Waals surface area (Å²) in [5, 5.41) is 2.66. The minimum Gasteiger partial charge on any atom is -0.573 e. The van der Waals surface area contributed by atoms with Gasteiger partial charge in [-0.25, -0.2) is 0 Å². The Morgan fingerprint density at radius 3 is 1.86 bits per heavy atom. The molecule has 1 aromatic rings. The first-order chi connectivity index (χ1) is 9.22. The van der Waals surface area contributed by atoms with Crippen molar-refractivity contribution in [2.45, 2.75) is 6.92 Å². The molecule has 6 nitrogen and oxygen atoms in total.